The molecule has 1 aromatic carbocycles. The van der Waals surface area contributed by atoms with E-state index < -0.39 is 5.97 Å². The largest absolute Gasteiger partial charge is 0.465 e. The van der Waals surface area contributed by atoms with Gasteiger partial charge in [-0.15, -0.1) is 0 Å². The van der Waals surface area contributed by atoms with E-state index in [-0.39, 0.29) is 12.5 Å². The van der Waals surface area contributed by atoms with E-state index in [0.29, 0.717) is 6.61 Å². The number of carbonyl (C=O) groups excluding carboxylic acids is 2. The average molecular weight is 261 g/mol. The van der Waals surface area contributed by atoms with Gasteiger partial charge in [0, 0.05) is 13.1 Å². The fourth-order valence-electron chi connectivity index (χ4n) is 1.55. The molecule has 102 valence electrons. The Bertz CT molecular complexity index is 480. The van der Waals surface area contributed by atoms with Crippen molar-refractivity contribution in [3.63, 3.8) is 0 Å². The summed E-state index contributed by atoms with van der Waals surface area (Å²) < 4.78 is 4.78. The monoisotopic (exact) mass is 261 g/mol. The van der Waals surface area contributed by atoms with Crippen molar-refractivity contribution in [2.45, 2.75) is 13.8 Å². The Morgan fingerprint density at radius 1 is 1.37 bits per heavy atom. The van der Waals surface area contributed by atoms with Gasteiger partial charge in [0.1, 0.15) is 6.54 Å². The summed E-state index contributed by atoms with van der Waals surface area (Å²) in [6.45, 7) is 4.01. The van der Waals surface area contributed by atoms with Gasteiger partial charge in [0.2, 0.25) is 5.91 Å². The lowest BCUT2D eigenvalue weighted by atomic mass is 10.1. The van der Waals surface area contributed by atoms with Gasteiger partial charge in [-0.1, -0.05) is 29.8 Å². The van der Waals surface area contributed by atoms with Crippen LogP contribution in [0.1, 0.15) is 18.1 Å². The normalized spacial score (nSPS) is 10.5. The van der Waals surface area contributed by atoms with Crippen LogP contribution in [-0.2, 0) is 14.3 Å². The summed E-state index contributed by atoms with van der Waals surface area (Å²) in [4.78, 5) is 24.3. The number of benzene rings is 1. The zero-order valence-corrected chi connectivity index (χ0v) is 11.6. The van der Waals surface area contributed by atoms with Gasteiger partial charge < -0.3 is 9.64 Å². The summed E-state index contributed by atoms with van der Waals surface area (Å²) in [6.07, 6.45) is 3.19. The van der Waals surface area contributed by atoms with Crippen molar-refractivity contribution in [3.05, 3.63) is 41.5 Å². The van der Waals surface area contributed by atoms with E-state index in [0.717, 1.165) is 11.1 Å². The van der Waals surface area contributed by atoms with Crippen molar-refractivity contribution in [1.82, 2.24) is 4.90 Å². The Morgan fingerprint density at radius 2 is 2.11 bits per heavy atom. The van der Waals surface area contributed by atoms with E-state index in [1.807, 2.05) is 31.2 Å². The summed E-state index contributed by atoms with van der Waals surface area (Å²) in [5, 5.41) is 0. The average Bonchev–Trinajstić information content (AvgIpc) is 2.36. The molecule has 4 heteroatoms. The molecule has 0 atom stereocenters. The van der Waals surface area contributed by atoms with Crippen LogP contribution in [0.15, 0.2) is 30.3 Å². The van der Waals surface area contributed by atoms with E-state index in [4.69, 9.17) is 4.74 Å². The maximum atomic E-state index is 11.8. The predicted octanol–water partition coefficient (Wildman–Crippen LogP) is 2.03. The van der Waals surface area contributed by atoms with Crippen LogP contribution in [0.5, 0.6) is 0 Å². The van der Waals surface area contributed by atoms with E-state index in [1.165, 1.54) is 11.0 Å². The summed E-state index contributed by atoms with van der Waals surface area (Å²) in [5.74, 6) is -0.628. The molecule has 0 fully saturated rings. The third-order valence-electron chi connectivity index (χ3n) is 2.51. The third kappa shape index (κ3) is 5.38. The number of carbonyl (C=O) groups is 2. The number of hydrogen-bond donors (Lipinski definition) is 0. The van der Waals surface area contributed by atoms with Gasteiger partial charge in [-0.25, -0.2) is 0 Å². The maximum Gasteiger partial charge on any atom is 0.325 e. The highest BCUT2D eigenvalue weighted by Crippen LogP contribution is 2.06. The number of esters is 1. The quantitative estimate of drug-likeness (QED) is 0.602. The first-order valence-electron chi connectivity index (χ1n) is 6.18. The van der Waals surface area contributed by atoms with Crippen LogP contribution in [0.4, 0.5) is 0 Å². The first kappa shape index (κ1) is 15.0. The van der Waals surface area contributed by atoms with Crippen molar-refractivity contribution in [2.75, 3.05) is 20.2 Å². The molecule has 0 aliphatic heterocycles. The molecule has 0 N–H and O–H groups in total. The molecule has 4 nitrogen and oxygen atoms in total. The molecule has 1 rings (SSSR count). The molecular weight excluding hydrogens is 242 g/mol. The Hall–Kier alpha value is -2.10. The highest BCUT2D eigenvalue weighted by Gasteiger charge is 2.10. The molecule has 0 saturated carbocycles. The number of aryl methyl sites for hydroxylation is 1. The lowest BCUT2D eigenvalue weighted by Gasteiger charge is -2.13. The van der Waals surface area contributed by atoms with E-state index in [9.17, 15) is 9.59 Å². The van der Waals surface area contributed by atoms with Gasteiger partial charge >= 0.3 is 5.97 Å². The lowest BCUT2D eigenvalue weighted by Crippen LogP contribution is -2.31. The van der Waals surface area contributed by atoms with Crippen LogP contribution in [0.25, 0.3) is 6.08 Å². The first-order valence-corrected chi connectivity index (χ1v) is 6.18. The summed E-state index contributed by atoms with van der Waals surface area (Å²) in [7, 11) is 1.57. The fraction of sp³-hybridized carbons (Fsp3) is 0.333. The molecule has 0 bridgehead atoms. The minimum absolute atomic E-state index is 0.0369. The van der Waals surface area contributed by atoms with Crippen LogP contribution in [-0.4, -0.2) is 37.0 Å². The number of amides is 1. The third-order valence-corrected chi connectivity index (χ3v) is 2.51. The Morgan fingerprint density at radius 3 is 2.74 bits per heavy atom. The number of likely N-dealkylation sites (N-methyl/N-ethyl adjacent to an activating group) is 1. The van der Waals surface area contributed by atoms with Crippen LogP contribution >= 0.6 is 0 Å². The van der Waals surface area contributed by atoms with Crippen LogP contribution in [0.2, 0.25) is 0 Å². The van der Waals surface area contributed by atoms with Gasteiger partial charge in [-0.3, -0.25) is 9.59 Å². The van der Waals surface area contributed by atoms with Crippen molar-refractivity contribution in [3.8, 4) is 0 Å². The Labute approximate surface area is 113 Å². The SMILES string of the molecule is CCOC(=O)CN(C)C(=O)C=Cc1cccc(C)c1. The number of hydrogen-bond acceptors (Lipinski definition) is 3. The molecule has 0 aliphatic rings. The second-order valence-corrected chi connectivity index (χ2v) is 4.25. The first-order chi connectivity index (χ1) is 9.02. The molecule has 19 heavy (non-hydrogen) atoms. The van der Waals surface area contributed by atoms with Gasteiger partial charge in [0.25, 0.3) is 0 Å². The highest BCUT2D eigenvalue weighted by molar-refractivity contribution is 5.93. The van der Waals surface area contributed by atoms with E-state index >= 15 is 0 Å². The summed E-state index contributed by atoms with van der Waals surface area (Å²) >= 11 is 0. The zero-order chi connectivity index (χ0) is 14.3. The lowest BCUT2D eigenvalue weighted by molar-refractivity contribution is -0.146. The second-order valence-electron chi connectivity index (χ2n) is 4.25. The molecule has 0 aliphatic carbocycles. The van der Waals surface area contributed by atoms with Crippen LogP contribution < -0.4 is 0 Å². The smallest absolute Gasteiger partial charge is 0.325 e. The molecule has 0 aromatic heterocycles. The van der Waals surface area contributed by atoms with Crippen molar-refractivity contribution in [2.24, 2.45) is 0 Å². The zero-order valence-electron chi connectivity index (χ0n) is 11.6. The molecule has 0 saturated heterocycles. The minimum Gasteiger partial charge on any atom is -0.465 e. The Balaban J connectivity index is 2.56. The van der Waals surface area contributed by atoms with Crippen LogP contribution in [0.3, 0.4) is 0 Å². The van der Waals surface area contributed by atoms with Gasteiger partial charge in [0.05, 0.1) is 6.61 Å². The predicted molar refractivity (Wildman–Crippen MR) is 74.5 cm³/mol. The molecular formula is C15H19NO3. The molecule has 1 amide bonds. The van der Waals surface area contributed by atoms with Crippen LogP contribution in [0, 0.1) is 6.92 Å². The van der Waals surface area contributed by atoms with Crippen molar-refractivity contribution in [1.29, 1.82) is 0 Å². The number of nitrogens with zero attached hydrogens (tertiary/aromatic N) is 1. The minimum atomic E-state index is -0.401. The topological polar surface area (TPSA) is 46.6 Å². The number of rotatable bonds is 5. The highest BCUT2D eigenvalue weighted by atomic mass is 16.5. The summed E-state index contributed by atoms with van der Waals surface area (Å²) in [5.41, 5.74) is 2.09. The molecule has 0 radical (unpaired) electrons. The second kappa shape index (κ2) is 7.36. The van der Waals surface area contributed by atoms with Crippen molar-refractivity contribution < 1.29 is 14.3 Å². The van der Waals surface area contributed by atoms with E-state index in [2.05, 4.69) is 0 Å². The van der Waals surface area contributed by atoms with Crippen molar-refractivity contribution >= 4 is 18.0 Å². The molecule has 0 spiro atoms. The van der Waals surface area contributed by atoms with Gasteiger partial charge in [-0.2, -0.15) is 0 Å². The maximum absolute atomic E-state index is 11.8. The van der Waals surface area contributed by atoms with Gasteiger partial charge in [0.15, 0.2) is 0 Å². The van der Waals surface area contributed by atoms with E-state index in [1.54, 1.807) is 20.0 Å². The molecule has 0 unspecified atom stereocenters. The standard InChI is InChI=1S/C15H19NO3/c1-4-19-15(18)11-16(3)14(17)9-8-13-7-5-6-12(2)10-13/h5-10H,4,11H2,1-3H3. The Kier molecular flexibility index (Phi) is 5.79. The number of ether oxygens (including phenoxy) is 1. The fourth-order valence-corrected chi connectivity index (χ4v) is 1.55. The summed E-state index contributed by atoms with van der Waals surface area (Å²) in [6, 6.07) is 7.82. The molecule has 0 heterocycles. The molecule has 1 aromatic rings. The van der Waals surface area contributed by atoms with Gasteiger partial charge in [-0.05, 0) is 25.5 Å².